The van der Waals surface area contributed by atoms with Crippen LogP contribution in [0, 0.1) is 5.82 Å². The third-order valence-corrected chi connectivity index (χ3v) is 6.39. The van der Waals surface area contributed by atoms with E-state index in [9.17, 15) is 14.0 Å². The molecule has 0 bridgehead atoms. The van der Waals surface area contributed by atoms with E-state index in [0.717, 1.165) is 24.1 Å². The van der Waals surface area contributed by atoms with Crippen LogP contribution in [0.1, 0.15) is 48.0 Å². The number of hydrogen-bond donors (Lipinski definition) is 0. The van der Waals surface area contributed by atoms with E-state index in [4.69, 9.17) is 4.42 Å². The van der Waals surface area contributed by atoms with Crippen LogP contribution in [0.4, 0.5) is 4.39 Å². The molecule has 162 valence electrons. The van der Waals surface area contributed by atoms with E-state index < -0.39 is 11.9 Å². The van der Waals surface area contributed by atoms with Gasteiger partial charge in [0.25, 0.3) is 5.91 Å². The molecule has 0 unspecified atom stereocenters. The topological polar surface area (TPSA) is 53.8 Å². The van der Waals surface area contributed by atoms with Crippen molar-refractivity contribution >= 4 is 32.8 Å². The highest BCUT2D eigenvalue weighted by Gasteiger charge is 2.43. The number of nitrogens with zero attached hydrogens (tertiary/aromatic N) is 2. The summed E-state index contributed by atoms with van der Waals surface area (Å²) in [6, 6.07) is 10.6. The molecule has 1 aliphatic heterocycles. The molecule has 1 atom stereocenters. The molecule has 0 spiro atoms. The van der Waals surface area contributed by atoms with Gasteiger partial charge in [-0.25, -0.2) is 4.39 Å². The first-order valence-corrected chi connectivity index (χ1v) is 11.3. The number of fused-ring (bicyclic) bond motifs is 2. The molecule has 0 fully saturated rings. The zero-order valence-corrected chi connectivity index (χ0v) is 19.1. The Bertz CT molecular complexity index is 1190. The molecule has 0 N–H and O–H groups in total. The fourth-order valence-electron chi connectivity index (χ4n) is 4.25. The van der Waals surface area contributed by atoms with Crippen molar-refractivity contribution in [1.29, 1.82) is 0 Å². The van der Waals surface area contributed by atoms with Gasteiger partial charge in [-0.15, -0.1) is 0 Å². The molecule has 1 aliphatic rings. The zero-order valence-electron chi connectivity index (χ0n) is 17.5. The van der Waals surface area contributed by atoms with Crippen molar-refractivity contribution in [3.63, 3.8) is 0 Å². The van der Waals surface area contributed by atoms with Gasteiger partial charge in [0.2, 0.25) is 5.76 Å². The second kappa shape index (κ2) is 8.93. The highest BCUT2D eigenvalue weighted by molar-refractivity contribution is 9.10. The average molecular weight is 487 g/mol. The summed E-state index contributed by atoms with van der Waals surface area (Å²) >= 11 is 3.38. The van der Waals surface area contributed by atoms with Crippen LogP contribution in [-0.2, 0) is 0 Å². The summed E-state index contributed by atoms with van der Waals surface area (Å²) in [6.07, 6.45) is 0.714. The van der Waals surface area contributed by atoms with Crippen molar-refractivity contribution in [2.24, 2.45) is 0 Å². The summed E-state index contributed by atoms with van der Waals surface area (Å²) in [5.74, 6) is -0.809. The number of carbonyl (C=O) groups excluding carboxylic acids is 1. The summed E-state index contributed by atoms with van der Waals surface area (Å²) in [5, 5.41) is 0.368. The zero-order chi connectivity index (χ0) is 22.1. The SMILES string of the molecule is CCN(CC)CCCN1C(=O)c2oc3ccc(Br)cc3c(=O)c2[C@H]1c1ccccc1F. The molecule has 4 rings (SSSR count). The standard InChI is InChI=1S/C24H24BrFN2O3/c1-3-27(4-2)12-7-13-28-21(16-8-5-6-9-18(16)26)20-22(29)17-14-15(25)10-11-19(17)31-23(20)24(28)30/h5-6,8-11,14,21H,3-4,7,12-13H2,1-2H3/t21-/m1/s1. The second-order valence-electron chi connectivity index (χ2n) is 7.62. The van der Waals surface area contributed by atoms with Crippen molar-refractivity contribution in [1.82, 2.24) is 9.80 Å². The quantitative estimate of drug-likeness (QED) is 0.472. The monoisotopic (exact) mass is 486 g/mol. The molecular formula is C24H24BrFN2O3. The molecule has 0 saturated carbocycles. The van der Waals surface area contributed by atoms with Gasteiger partial charge in [0.05, 0.1) is 17.0 Å². The third-order valence-electron chi connectivity index (χ3n) is 5.90. The predicted molar refractivity (Wildman–Crippen MR) is 122 cm³/mol. The van der Waals surface area contributed by atoms with Crippen LogP contribution in [-0.4, -0.2) is 41.9 Å². The van der Waals surface area contributed by atoms with E-state index in [-0.39, 0.29) is 22.7 Å². The van der Waals surface area contributed by atoms with E-state index >= 15 is 0 Å². The average Bonchev–Trinajstić information content (AvgIpc) is 3.04. The Balaban J connectivity index is 1.82. The maximum Gasteiger partial charge on any atom is 0.290 e. The molecule has 0 aliphatic carbocycles. The van der Waals surface area contributed by atoms with Crippen LogP contribution in [0.3, 0.4) is 0 Å². The van der Waals surface area contributed by atoms with Crippen molar-refractivity contribution < 1.29 is 13.6 Å². The molecule has 1 aromatic heterocycles. The van der Waals surface area contributed by atoms with E-state index in [1.54, 1.807) is 41.3 Å². The van der Waals surface area contributed by atoms with Crippen LogP contribution in [0.5, 0.6) is 0 Å². The van der Waals surface area contributed by atoms with Gasteiger partial charge in [0.1, 0.15) is 11.4 Å². The second-order valence-corrected chi connectivity index (χ2v) is 8.53. The number of carbonyl (C=O) groups is 1. The summed E-state index contributed by atoms with van der Waals surface area (Å²) < 4.78 is 21.4. The smallest absolute Gasteiger partial charge is 0.290 e. The number of halogens is 2. The first-order chi connectivity index (χ1) is 15.0. The molecule has 31 heavy (non-hydrogen) atoms. The largest absolute Gasteiger partial charge is 0.450 e. The summed E-state index contributed by atoms with van der Waals surface area (Å²) in [4.78, 5) is 30.6. The molecule has 5 nitrogen and oxygen atoms in total. The molecule has 0 radical (unpaired) electrons. The van der Waals surface area contributed by atoms with Gasteiger partial charge in [0, 0.05) is 16.6 Å². The van der Waals surface area contributed by atoms with Crippen molar-refractivity contribution in [3.8, 4) is 0 Å². The van der Waals surface area contributed by atoms with Gasteiger partial charge < -0.3 is 14.2 Å². The Labute approximate surface area is 188 Å². The van der Waals surface area contributed by atoms with Crippen LogP contribution in [0.2, 0.25) is 0 Å². The maximum absolute atomic E-state index is 14.8. The number of rotatable bonds is 7. The Morgan fingerprint density at radius 2 is 1.87 bits per heavy atom. The van der Waals surface area contributed by atoms with E-state index in [1.807, 2.05) is 0 Å². The number of hydrogen-bond acceptors (Lipinski definition) is 4. The Morgan fingerprint density at radius 3 is 2.58 bits per heavy atom. The van der Waals surface area contributed by atoms with Crippen LogP contribution in [0.25, 0.3) is 11.0 Å². The third kappa shape index (κ3) is 3.92. The lowest BCUT2D eigenvalue weighted by Crippen LogP contribution is -2.33. The lowest BCUT2D eigenvalue weighted by Gasteiger charge is -2.26. The first-order valence-electron chi connectivity index (χ1n) is 10.5. The predicted octanol–water partition coefficient (Wildman–Crippen LogP) is 4.97. The van der Waals surface area contributed by atoms with Gasteiger partial charge >= 0.3 is 0 Å². The minimum Gasteiger partial charge on any atom is -0.450 e. The molecule has 0 saturated heterocycles. The first kappa shape index (κ1) is 21.7. The minimum atomic E-state index is -0.806. The van der Waals surface area contributed by atoms with Crippen molar-refractivity contribution in [3.05, 3.63) is 79.9 Å². The highest BCUT2D eigenvalue weighted by atomic mass is 79.9. The Hall–Kier alpha value is -2.51. The number of benzene rings is 2. The lowest BCUT2D eigenvalue weighted by molar-refractivity contribution is 0.0718. The summed E-state index contributed by atoms with van der Waals surface area (Å²) in [5.41, 5.74) is 0.561. The fourth-order valence-corrected chi connectivity index (χ4v) is 4.61. The normalized spacial score (nSPS) is 15.8. The van der Waals surface area contributed by atoms with E-state index in [2.05, 4.69) is 34.7 Å². The minimum absolute atomic E-state index is 0.0101. The maximum atomic E-state index is 14.8. The van der Waals surface area contributed by atoms with Crippen molar-refractivity contribution in [2.45, 2.75) is 26.3 Å². The Morgan fingerprint density at radius 1 is 1.13 bits per heavy atom. The molecule has 7 heteroatoms. The van der Waals surface area contributed by atoms with Crippen LogP contribution >= 0.6 is 15.9 Å². The Kier molecular flexibility index (Phi) is 6.25. The molecule has 1 amide bonds. The van der Waals surface area contributed by atoms with Gasteiger partial charge in [-0.1, -0.05) is 48.0 Å². The van der Waals surface area contributed by atoms with Gasteiger partial charge in [-0.2, -0.15) is 0 Å². The van der Waals surface area contributed by atoms with E-state index in [1.165, 1.54) is 6.07 Å². The van der Waals surface area contributed by atoms with E-state index in [0.29, 0.717) is 29.5 Å². The lowest BCUT2D eigenvalue weighted by atomic mass is 9.98. The molecule has 2 heterocycles. The van der Waals surface area contributed by atoms with Gasteiger partial charge in [-0.05, 0) is 50.3 Å². The van der Waals surface area contributed by atoms with Gasteiger partial charge in [0.15, 0.2) is 5.43 Å². The number of amides is 1. The van der Waals surface area contributed by atoms with Gasteiger partial charge in [-0.3, -0.25) is 9.59 Å². The summed E-state index contributed by atoms with van der Waals surface area (Å²) in [6.45, 7) is 7.23. The van der Waals surface area contributed by atoms with Crippen molar-refractivity contribution in [2.75, 3.05) is 26.2 Å². The molecular weight excluding hydrogens is 463 g/mol. The molecule has 3 aromatic rings. The fraction of sp³-hybridized carbons (Fsp3) is 0.333. The van der Waals surface area contributed by atoms with Crippen LogP contribution < -0.4 is 5.43 Å². The molecule has 2 aromatic carbocycles. The summed E-state index contributed by atoms with van der Waals surface area (Å²) in [7, 11) is 0. The van der Waals surface area contributed by atoms with Crippen LogP contribution in [0.15, 0.2) is 56.1 Å². The highest BCUT2D eigenvalue weighted by Crippen LogP contribution is 2.39.